The minimum Gasteiger partial charge on any atom is -0.497 e. The van der Waals surface area contributed by atoms with Crippen molar-refractivity contribution in [1.29, 1.82) is 0 Å². The van der Waals surface area contributed by atoms with Gasteiger partial charge in [0.15, 0.2) is 0 Å². The van der Waals surface area contributed by atoms with E-state index in [0.29, 0.717) is 6.54 Å². The number of methoxy groups -OCH3 is 1. The monoisotopic (exact) mass is 295 g/mol. The largest absolute Gasteiger partial charge is 0.497 e. The Bertz CT molecular complexity index is 573. The van der Waals surface area contributed by atoms with E-state index in [1.807, 2.05) is 28.9 Å². The van der Waals surface area contributed by atoms with Crippen LogP contribution in [-0.4, -0.2) is 16.9 Å². The molecule has 0 radical (unpaired) electrons. The predicted molar refractivity (Wildman–Crippen MR) is 84.0 cm³/mol. The molecule has 0 aliphatic rings. The third kappa shape index (κ3) is 3.32. The van der Waals surface area contributed by atoms with Gasteiger partial charge in [0.2, 0.25) is 0 Å². The quantitative estimate of drug-likeness (QED) is 0.947. The zero-order valence-electron chi connectivity index (χ0n) is 12.4. The molecule has 1 heterocycles. The van der Waals surface area contributed by atoms with Crippen molar-refractivity contribution in [3.8, 4) is 11.4 Å². The molecule has 110 valence electrons. The molecule has 0 aliphatic heterocycles. The van der Waals surface area contributed by atoms with Crippen molar-refractivity contribution in [2.45, 2.75) is 32.7 Å². The highest BCUT2D eigenvalue weighted by molar-refractivity contribution is 5.85. The first kappa shape index (κ1) is 16.5. The molecule has 0 fully saturated rings. The zero-order valence-corrected chi connectivity index (χ0v) is 13.2. The third-order valence-corrected chi connectivity index (χ3v) is 3.06. The lowest BCUT2D eigenvalue weighted by molar-refractivity contribution is 0.414. The van der Waals surface area contributed by atoms with Gasteiger partial charge >= 0.3 is 0 Å². The Balaban J connectivity index is 0.00000200. The standard InChI is InChI=1S/C15H21N3O.ClH/c1-15(2,3)14-9-12(10-16)18(17-14)11-6-5-7-13(8-11)19-4;/h5-9H,10,16H2,1-4H3;1H. The molecule has 0 unspecified atom stereocenters. The van der Waals surface area contributed by atoms with Gasteiger partial charge in [-0.2, -0.15) is 5.10 Å². The van der Waals surface area contributed by atoms with Crippen molar-refractivity contribution < 1.29 is 4.74 Å². The number of ether oxygens (including phenoxy) is 1. The molecule has 0 spiro atoms. The van der Waals surface area contributed by atoms with E-state index in [2.05, 4.69) is 31.9 Å². The Labute approximate surface area is 126 Å². The van der Waals surface area contributed by atoms with E-state index in [-0.39, 0.29) is 17.8 Å². The van der Waals surface area contributed by atoms with Gasteiger partial charge in [0, 0.05) is 18.0 Å². The van der Waals surface area contributed by atoms with Gasteiger partial charge < -0.3 is 10.5 Å². The molecular formula is C15H22ClN3O. The number of hydrogen-bond acceptors (Lipinski definition) is 3. The highest BCUT2D eigenvalue weighted by Gasteiger charge is 2.20. The second-order valence-corrected chi connectivity index (χ2v) is 5.59. The van der Waals surface area contributed by atoms with Gasteiger partial charge in [0.25, 0.3) is 0 Å². The Morgan fingerprint density at radius 3 is 2.50 bits per heavy atom. The molecule has 1 aromatic carbocycles. The summed E-state index contributed by atoms with van der Waals surface area (Å²) in [5.74, 6) is 0.813. The van der Waals surface area contributed by atoms with Gasteiger partial charge in [0.1, 0.15) is 5.75 Å². The van der Waals surface area contributed by atoms with Gasteiger partial charge in [0.05, 0.1) is 24.2 Å². The van der Waals surface area contributed by atoms with E-state index in [1.165, 1.54) is 0 Å². The lowest BCUT2D eigenvalue weighted by atomic mass is 9.92. The molecule has 0 amide bonds. The van der Waals surface area contributed by atoms with Crippen LogP contribution in [0.1, 0.15) is 32.2 Å². The maximum Gasteiger partial charge on any atom is 0.121 e. The molecule has 5 heteroatoms. The molecule has 2 aromatic rings. The van der Waals surface area contributed by atoms with Crippen LogP contribution in [0.25, 0.3) is 5.69 Å². The fraction of sp³-hybridized carbons (Fsp3) is 0.400. The van der Waals surface area contributed by atoms with Gasteiger partial charge in [-0.1, -0.05) is 26.8 Å². The molecule has 0 saturated heterocycles. The number of aromatic nitrogens is 2. The maximum absolute atomic E-state index is 5.82. The average molecular weight is 296 g/mol. The van der Waals surface area contributed by atoms with Crippen molar-refractivity contribution in [3.05, 3.63) is 41.7 Å². The Morgan fingerprint density at radius 1 is 1.25 bits per heavy atom. The molecule has 4 nitrogen and oxygen atoms in total. The first-order chi connectivity index (χ1) is 8.95. The average Bonchev–Trinajstić information content (AvgIpc) is 2.83. The van der Waals surface area contributed by atoms with Gasteiger partial charge in [-0.25, -0.2) is 4.68 Å². The summed E-state index contributed by atoms with van der Waals surface area (Å²) in [5, 5.41) is 4.68. The molecule has 20 heavy (non-hydrogen) atoms. The van der Waals surface area contributed by atoms with Crippen LogP contribution in [-0.2, 0) is 12.0 Å². The van der Waals surface area contributed by atoms with Crippen LogP contribution in [0.3, 0.4) is 0 Å². The van der Waals surface area contributed by atoms with Crippen molar-refractivity contribution >= 4 is 12.4 Å². The maximum atomic E-state index is 5.82. The van der Waals surface area contributed by atoms with Crippen LogP contribution < -0.4 is 10.5 Å². The van der Waals surface area contributed by atoms with Crippen LogP contribution in [0, 0.1) is 0 Å². The highest BCUT2D eigenvalue weighted by Crippen LogP contribution is 2.24. The first-order valence-electron chi connectivity index (χ1n) is 6.39. The molecule has 2 rings (SSSR count). The number of halogens is 1. The topological polar surface area (TPSA) is 53.1 Å². The van der Waals surface area contributed by atoms with Gasteiger partial charge in [-0.05, 0) is 18.2 Å². The number of benzene rings is 1. The van der Waals surface area contributed by atoms with Crippen LogP contribution in [0.4, 0.5) is 0 Å². The number of nitrogens with two attached hydrogens (primary N) is 1. The van der Waals surface area contributed by atoms with E-state index in [4.69, 9.17) is 10.5 Å². The van der Waals surface area contributed by atoms with E-state index < -0.39 is 0 Å². The summed E-state index contributed by atoms with van der Waals surface area (Å²) in [7, 11) is 1.66. The fourth-order valence-electron chi connectivity index (χ4n) is 1.90. The predicted octanol–water partition coefficient (Wildman–Crippen LogP) is 3.06. The van der Waals surface area contributed by atoms with Crippen LogP contribution in [0.2, 0.25) is 0 Å². The van der Waals surface area contributed by atoms with E-state index in [0.717, 1.165) is 22.8 Å². The Hall–Kier alpha value is -1.52. The minimum atomic E-state index is 0. The van der Waals surface area contributed by atoms with Gasteiger partial charge in [-0.15, -0.1) is 12.4 Å². The summed E-state index contributed by atoms with van der Waals surface area (Å²) in [4.78, 5) is 0. The van der Waals surface area contributed by atoms with Crippen molar-refractivity contribution in [2.24, 2.45) is 5.73 Å². The lowest BCUT2D eigenvalue weighted by Gasteiger charge is -2.14. The number of hydrogen-bond donors (Lipinski definition) is 1. The second kappa shape index (κ2) is 6.29. The Kier molecular flexibility index (Phi) is 5.20. The summed E-state index contributed by atoms with van der Waals surface area (Å²) in [5.41, 5.74) is 8.83. The smallest absolute Gasteiger partial charge is 0.121 e. The van der Waals surface area contributed by atoms with Crippen molar-refractivity contribution in [1.82, 2.24) is 9.78 Å². The van der Waals surface area contributed by atoms with Crippen molar-refractivity contribution in [3.63, 3.8) is 0 Å². The first-order valence-corrected chi connectivity index (χ1v) is 6.39. The van der Waals surface area contributed by atoms with Crippen LogP contribution >= 0.6 is 12.4 Å². The fourth-order valence-corrected chi connectivity index (χ4v) is 1.90. The summed E-state index contributed by atoms with van der Waals surface area (Å²) in [6.07, 6.45) is 0. The summed E-state index contributed by atoms with van der Waals surface area (Å²) in [6, 6.07) is 9.89. The zero-order chi connectivity index (χ0) is 14.0. The normalized spacial score (nSPS) is 11.1. The van der Waals surface area contributed by atoms with Crippen LogP contribution in [0.5, 0.6) is 5.75 Å². The van der Waals surface area contributed by atoms with E-state index in [9.17, 15) is 0 Å². The van der Waals surface area contributed by atoms with E-state index in [1.54, 1.807) is 7.11 Å². The molecule has 0 saturated carbocycles. The summed E-state index contributed by atoms with van der Waals surface area (Å²) in [6.45, 7) is 6.89. The second-order valence-electron chi connectivity index (χ2n) is 5.59. The number of nitrogens with zero attached hydrogens (tertiary/aromatic N) is 2. The molecule has 0 atom stereocenters. The molecular weight excluding hydrogens is 274 g/mol. The van der Waals surface area contributed by atoms with E-state index >= 15 is 0 Å². The Morgan fingerprint density at radius 2 is 1.95 bits per heavy atom. The molecule has 1 aromatic heterocycles. The minimum absolute atomic E-state index is 0. The van der Waals surface area contributed by atoms with Crippen LogP contribution in [0.15, 0.2) is 30.3 Å². The lowest BCUT2D eigenvalue weighted by Crippen LogP contribution is -2.12. The molecule has 2 N–H and O–H groups in total. The SMILES string of the molecule is COc1cccc(-n2nc(C(C)(C)C)cc2CN)c1.Cl. The molecule has 0 aliphatic carbocycles. The summed E-state index contributed by atoms with van der Waals surface area (Å²) >= 11 is 0. The van der Waals surface area contributed by atoms with Gasteiger partial charge in [-0.3, -0.25) is 0 Å². The van der Waals surface area contributed by atoms with Crippen molar-refractivity contribution in [2.75, 3.05) is 7.11 Å². The highest BCUT2D eigenvalue weighted by atomic mass is 35.5. The number of rotatable bonds is 3. The molecule has 0 bridgehead atoms. The summed E-state index contributed by atoms with van der Waals surface area (Å²) < 4.78 is 7.14. The third-order valence-electron chi connectivity index (χ3n) is 3.06.